The van der Waals surface area contributed by atoms with Crippen LogP contribution in [-0.4, -0.2) is 23.0 Å². The summed E-state index contributed by atoms with van der Waals surface area (Å²) >= 11 is 0. The van der Waals surface area contributed by atoms with Crippen molar-refractivity contribution in [3.8, 4) is 11.3 Å². The molecule has 17 heavy (non-hydrogen) atoms. The highest BCUT2D eigenvalue weighted by atomic mass is 19.1. The SMILES string of the molecule is CC(N)Cn1ccc(-c2ccccc2)n1.CF. The number of halogens is 1. The Morgan fingerprint density at radius 3 is 2.47 bits per heavy atom. The second kappa shape index (κ2) is 6.81. The molecule has 0 radical (unpaired) electrons. The number of hydrogen-bond acceptors (Lipinski definition) is 2. The van der Waals surface area contributed by atoms with Gasteiger partial charge in [-0.05, 0) is 13.0 Å². The van der Waals surface area contributed by atoms with Crippen molar-refractivity contribution < 1.29 is 4.39 Å². The Morgan fingerprint density at radius 1 is 1.24 bits per heavy atom. The Labute approximate surface area is 101 Å². The van der Waals surface area contributed by atoms with Gasteiger partial charge in [-0.3, -0.25) is 9.07 Å². The zero-order valence-electron chi connectivity index (χ0n) is 10.2. The third kappa shape index (κ3) is 4.00. The molecule has 92 valence electrons. The largest absolute Gasteiger partial charge is 0.326 e. The molecule has 2 N–H and O–H groups in total. The van der Waals surface area contributed by atoms with Crippen molar-refractivity contribution in [2.45, 2.75) is 19.5 Å². The number of aromatic nitrogens is 2. The zero-order chi connectivity index (χ0) is 12.7. The molecule has 0 fully saturated rings. The normalized spacial score (nSPS) is 11.5. The molecule has 1 aromatic heterocycles. The van der Waals surface area contributed by atoms with E-state index in [1.165, 1.54) is 0 Å². The van der Waals surface area contributed by atoms with Crippen molar-refractivity contribution in [2.75, 3.05) is 7.18 Å². The molecule has 2 rings (SSSR count). The minimum absolute atomic E-state index is 0.133. The van der Waals surface area contributed by atoms with E-state index >= 15 is 0 Å². The Balaban J connectivity index is 0.000000686. The Bertz CT molecular complexity index is 423. The molecule has 3 nitrogen and oxygen atoms in total. The number of nitrogens with zero attached hydrogens (tertiary/aromatic N) is 2. The number of hydrogen-bond donors (Lipinski definition) is 1. The van der Waals surface area contributed by atoms with Gasteiger partial charge in [0.05, 0.1) is 19.4 Å². The van der Waals surface area contributed by atoms with Gasteiger partial charge in [-0.1, -0.05) is 30.3 Å². The van der Waals surface area contributed by atoms with Crippen LogP contribution in [0.1, 0.15) is 6.92 Å². The van der Waals surface area contributed by atoms with Crippen LogP contribution in [-0.2, 0) is 6.54 Å². The van der Waals surface area contributed by atoms with E-state index in [-0.39, 0.29) is 6.04 Å². The Hall–Kier alpha value is -1.68. The van der Waals surface area contributed by atoms with E-state index < -0.39 is 0 Å². The van der Waals surface area contributed by atoms with E-state index in [9.17, 15) is 4.39 Å². The minimum Gasteiger partial charge on any atom is -0.326 e. The number of alkyl halides is 1. The fourth-order valence-corrected chi connectivity index (χ4v) is 1.52. The average Bonchev–Trinajstić information content (AvgIpc) is 2.80. The second-order valence-corrected chi connectivity index (χ2v) is 3.77. The van der Waals surface area contributed by atoms with Gasteiger partial charge in [-0.15, -0.1) is 0 Å². The maximum atomic E-state index is 9.50. The van der Waals surface area contributed by atoms with Crippen molar-refractivity contribution in [3.63, 3.8) is 0 Å². The van der Waals surface area contributed by atoms with E-state index in [0.717, 1.165) is 17.8 Å². The van der Waals surface area contributed by atoms with Crippen LogP contribution in [0.5, 0.6) is 0 Å². The van der Waals surface area contributed by atoms with Gasteiger partial charge in [-0.25, -0.2) is 0 Å². The first-order valence-electron chi connectivity index (χ1n) is 5.48. The summed E-state index contributed by atoms with van der Waals surface area (Å²) in [5.74, 6) is 0. The van der Waals surface area contributed by atoms with Crippen LogP contribution < -0.4 is 5.73 Å². The average molecular weight is 235 g/mol. The van der Waals surface area contributed by atoms with Crippen molar-refractivity contribution in [1.82, 2.24) is 9.78 Å². The van der Waals surface area contributed by atoms with Crippen LogP contribution in [0.2, 0.25) is 0 Å². The summed E-state index contributed by atoms with van der Waals surface area (Å²) in [5, 5.41) is 4.46. The molecule has 4 heteroatoms. The smallest absolute Gasteiger partial charge is 0.0923 e. The maximum Gasteiger partial charge on any atom is 0.0923 e. The molecule has 0 aliphatic rings. The van der Waals surface area contributed by atoms with Gasteiger partial charge in [0.1, 0.15) is 0 Å². The highest BCUT2D eigenvalue weighted by Crippen LogP contribution is 2.15. The van der Waals surface area contributed by atoms with Crippen LogP contribution >= 0.6 is 0 Å². The summed E-state index contributed by atoms with van der Waals surface area (Å²) in [5.41, 5.74) is 7.85. The molecule has 0 amide bonds. The lowest BCUT2D eigenvalue weighted by Crippen LogP contribution is -2.22. The molecule has 2 aromatic rings. The van der Waals surface area contributed by atoms with Crippen LogP contribution in [0.4, 0.5) is 4.39 Å². The van der Waals surface area contributed by atoms with Gasteiger partial charge in [0.25, 0.3) is 0 Å². The van der Waals surface area contributed by atoms with E-state index in [4.69, 9.17) is 5.73 Å². The molecule has 0 spiro atoms. The lowest BCUT2D eigenvalue weighted by molar-refractivity contribution is 0.540. The number of benzene rings is 1. The number of rotatable bonds is 3. The first-order valence-corrected chi connectivity index (χ1v) is 5.48. The fraction of sp³-hybridized carbons (Fsp3) is 0.308. The summed E-state index contributed by atoms with van der Waals surface area (Å²) in [6.45, 7) is 2.73. The summed E-state index contributed by atoms with van der Waals surface area (Å²) in [4.78, 5) is 0. The van der Waals surface area contributed by atoms with E-state index in [1.54, 1.807) is 0 Å². The van der Waals surface area contributed by atoms with Gasteiger partial charge in [0.2, 0.25) is 0 Å². The first-order chi connectivity index (χ1) is 8.25. The van der Waals surface area contributed by atoms with E-state index in [1.807, 2.05) is 42.1 Å². The van der Waals surface area contributed by atoms with Crippen molar-refractivity contribution in [2.24, 2.45) is 5.73 Å². The third-order valence-electron chi connectivity index (χ3n) is 2.19. The fourth-order valence-electron chi connectivity index (χ4n) is 1.52. The highest BCUT2D eigenvalue weighted by molar-refractivity contribution is 5.57. The molecule has 0 aliphatic carbocycles. The molecule has 1 aromatic carbocycles. The Kier molecular flexibility index (Phi) is 5.36. The van der Waals surface area contributed by atoms with Gasteiger partial charge in [0, 0.05) is 17.8 Å². The Morgan fingerprint density at radius 2 is 1.88 bits per heavy atom. The van der Waals surface area contributed by atoms with E-state index in [0.29, 0.717) is 7.18 Å². The quantitative estimate of drug-likeness (QED) is 0.888. The van der Waals surface area contributed by atoms with Crippen molar-refractivity contribution in [3.05, 3.63) is 42.6 Å². The van der Waals surface area contributed by atoms with Gasteiger partial charge >= 0.3 is 0 Å². The predicted molar refractivity (Wildman–Crippen MR) is 68.3 cm³/mol. The lowest BCUT2D eigenvalue weighted by Gasteiger charge is -2.04. The molecule has 1 unspecified atom stereocenters. The minimum atomic E-state index is 0.133. The molecular weight excluding hydrogens is 217 g/mol. The molecule has 0 bridgehead atoms. The van der Waals surface area contributed by atoms with Crippen LogP contribution in [0, 0.1) is 0 Å². The van der Waals surface area contributed by atoms with Crippen LogP contribution in [0.3, 0.4) is 0 Å². The first kappa shape index (κ1) is 13.4. The molecule has 1 atom stereocenters. The van der Waals surface area contributed by atoms with Crippen LogP contribution in [0.15, 0.2) is 42.6 Å². The molecule has 0 saturated carbocycles. The summed E-state index contributed by atoms with van der Waals surface area (Å²) < 4.78 is 11.4. The standard InChI is InChI=1S/C12H15N3.CH3F/c1-10(13)9-15-8-7-12(14-15)11-5-3-2-4-6-11;1-2/h2-8,10H,9,13H2,1H3;1H3. The summed E-state index contributed by atoms with van der Waals surface area (Å²) in [7, 11) is 0.500. The second-order valence-electron chi connectivity index (χ2n) is 3.77. The lowest BCUT2D eigenvalue weighted by atomic mass is 10.2. The molecule has 0 saturated heterocycles. The molecule has 0 aliphatic heterocycles. The van der Waals surface area contributed by atoms with E-state index in [2.05, 4.69) is 17.2 Å². The van der Waals surface area contributed by atoms with Gasteiger partial charge in [-0.2, -0.15) is 5.10 Å². The maximum absolute atomic E-state index is 9.50. The summed E-state index contributed by atoms with van der Waals surface area (Å²) in [6.07, 6.45) is 1.96. The molecular formula is C13H18FN3. The highest BCUT2D eigenvalue weighted by Gasteiger charge is 2.02. The number of nitrogens with two attached hydrogens (primary N) is 1. The zero-order valence-corrected chi connectivity index (χ0v) is 10.2. The van der Waals surface area contributed by atoms with Gasteiger partial charge < -0.3 is 5.73 Å². The van der Waals surface area contributed by atoms with Crippen LogP contribution in [0.25, 0.3) is 11.3 Å². The van der Waals surface area contributed by atoms with Gasteiger partial charge in [0.15, 0.2) is 0 Å². The monoisotopic (exact) mass is 235 g/mol. The third-order valence-corrected chi connectivity index (χ3v) is 2.19. The topological polar surface area (TPSA) is 43.8 Å². The summed E-state index contributed by atoms with van der Waals surface area (Å²) in [6, 6.07) is 12.3. The molecule has 1 heterocycles. The van der Waals surface area contributed by atoms with Crippen molar-refractivity contribution in [1.29, 1.82) is 0 Å². The van der Waals surface area contributed by atoms with Crippen molar-refractivity contribution >= 4 is 0 Å². The predicted octanol–water partition coefficient (Wildman–Crippen LogP) is 2.48.